The maximum absolute atomic E-state index is 2.61. The van der Waals surface area contributed by atoms with Crippen LogP contribution < -0.4 is 4.90 Å². The van der Waals surface area contributed by atoms with Crippen molar-refractivity contribution in [3.05, 3.63) is 180 Å². The second-order valence-electron chi connectivity index (χ2n) is 23.5. The smallest absolute Gasteiger partial charge is 0.0641 e. The third-order valence-electron chi connectivity index (χ3n) is 16.2. The van der Waals surface area contributed by atoms with Crippen molar-refractivity contribution in [2.45, 2.75) is 78.6 Å². The van der Waals surface area contributed by atoms with E-state index < -0.39 is 0 Å². The van der Waals surface area contributed by atoms with Crippen LogP contribution in [0, 0.1) is 0 Å². The number of anilines is 3. The normalized spacial score (nSPS) is 13.5. The Bertz CT molecular complexity index is 4690. The Morgan fingerprint density at radius 2 is 0.729 bits per heavy atom. The van der Waals surface area contributed by atoms with Crippen LogP contribution in [-0.4, -0.2) is 13.2 Å². The minimum absolute atomic E-state index is 0.0216. The van der Waals surface area contributed by atoms with Gasteiger partial charge in [-0.05, 0) is 124 Å². The number of nitrogens with zero attached hydrogens (tertiary/aromatic N) is 4. The maximum Gasteiger partial charge on any atom is 0.0641 e. The van der Waals surface area contributed by atoms with Crippen LogP contribution in [0.3, 0.4) is 0 Å². The number of hydrogen-bond donors (Lipinski definition) is 0. The van der Waals surface area contributed by atoms with Gasteiger partial charge in [0.25, 0.3) is 0 Å². The Labute approximate surface area is 406 Å². The summed E-state index contributed by atoms with van der Waals surface area (Å²) in [4.78, 5) is 2.50. The third kappa shape index (κ3) is 5.11. The summed E-state index contributed by atoms with van der Waals surface area (Å²) in [5.41, 5.74) is 18.9. The van der Waals surface area contributed by atoms with E-state index in [-0.39, 0.29) is 16.2 Å². The molecule has 0 saturated carbocycles. The lowest BCUT2D eigenvalue weighted by Crippen LogP contribution is -2.11. The summed E-state index contributed by atoms with van der Waals surface area (Å²) in [5.74, 6) is 0. The highest BCUT2D eigenvalue weighted by atomic mass is 15.1. The van der Waals surface area contributed by atoms with Crippen molar-refractivity contribution in [2.24, 2.45) is 0 Å². The van der Waals surface area contributed by atoms with E-state index in [4.69, 9.17) is 0 Å². The SMILES string of the molecule is CC(C)(C)c1ccc2c(c1)c1cc(C(C)(C)C)cc3c4cc5c(cc4n2c13)c1cc(C(C)(C)C)cc2c3ccc(N(c4ccccc4)c4ccc6c7ccccc7n7c8ccccc8c4c67)cc3n5c21. The Morgan fingerprint density at radius 3 is 1.34 bits per heavy atom. The molecule has 4 nitrogen and oxygen atoms in total. The molecule has 0 aliphatic carbocycles. The van der Waals surface area contributed by atoms with Gasteiger partial charge >= 0.3 is 0 Å². The van der Waals surface area contributed by atoms with E-state index >= 15 is 0 Å². The van der Waals surface area contributed by atoms with Gasteiger partial charge in [0.2, 0.25) is 0 Å². The topological polar surface area (TPSA) is 16.5 Å². The number of aromatic nitrogens is 3. The van der Waals surface area contributed by atoms with Gasteiger partial charge in [-0.15, -0.1) is 0 Å². The number of para-hydroxylation sites is 3. The van der Waals surface area contributed by atoms with Crippen LogP contribution in [0.2, 0.25) is 0 Å². The minimum Gasteiger partial charge on any atom is -0.310 e. The van der Waals surface area contributed by atoms with Gasteiger partial charge in [0.05, 0.1) is 55.3 Å². The first kappa shape index (κ1) is 40.1. The van der Waals surface area contributed by atoms with Crippen LogP contribution in [0.15, 0.2) is 164 Å². The summed E-state index contributed by atoms with van der Waals surface area (Å²) >= 11 is 0. The molecule has 4 heteroatoms. The molecule has 15 aromatic rings. The zero-order chi connectivity index (χ0) is 47.5. The summed E-state index contributed by atoms with van der Waals surface area (Å²) in [5, 5.41) is 15.6. The first-order valence-corrected chi connectivity index (χ1v) is 25.1. The van der Waals surface area contributed by atoms with Crippen molar-refractivity contribution in [1.29, 1.82) is 0 Å². The van der Waals surface area contributed by atoms with Crippen molar-refractivity contribution in [3.63, 3.8) is 0 Å². The first-order valence-electron chi connectivity index (χ1n) is 25.1. The molecule has 0 amide bonds. The molecule has 0 atom stereocenters. The zero-order valence-corrected chi connectivity index (χ0v) is 41.4. The predicted octanol–water partition coefficient (Wildman–Crippen LogP) is 18.5. The Balaban J connectivity index is 1.06. The average Bonchev–Trinajstić information content (AvgIpc) is 4.18. The van der Waals surface area contributed by atoms with Crippen molar-refractivity contribution in [1.82, 2.24) is 13.2 Å². The lowest BCUT2D eigenvalue weighted by Gasteiger charge is -2.26. The van der Waals surface area contributed by atoms with E-state index in [0.29, 0.717) is 0 Å². The van der Waals surface area contributed by atoms with Crippen molar-refractivity contribution in [3.8, 4) is 0 Å². The Hall–Kier alpha value is -7.82. The second-order valence-corrected chi connectivity index (χ2v) is 23.5. The number of hydrogen-bond acceptors (Lipinski definition) is 1. The molecule has 0 aliphatic rings. The quantitative estimate of drug-likeness (QED) is 0.173. The molecule has 0 aliphatic heterocycles. The molecule has 9 aromatic carbocycles. The van der Waals surface area contributed by atoms with Gasteiger partial charge in [0.15, 0.2) is 0 Å². The van der Waals surface area contributed by atoms with Crippen LogP contribution in [-0.2, 0) is 16.2 Å². The van der Waals surface area contributed by atoms with Crippen LogP contribution in [0.1, 0.15) is 79.0 Å². The second kappa shape index (κ2) is 13.1. The monoisotopic (exact) mass is 902 g/mol. The molecular weight excluding hydrogens is 849 g/mol. The van der Waals surface area contributed by atoms with Gasteiger partial charge in [-0.1, -0.05) is 135 Å². The molecule has 0 radical (unpaired) electrons. The zero-order valence-electron chi connectivity index (χ0n) is 41.4. The summed E-state index contributed by atoms with van der Waals surface area (Å²) < 4.78 is 7.68. The molecule has 338 valence electrons. The number of fused-ring (bicyclic) bond motifs is 18. The highest BCUT2D eigenvalue weighted by molar-refractivity contribution is 6.30. The minimum atomic E-state index is -0.0458. The number of benzene rings is 9. The summed E-state index contributed by atoms with van der Waals surface area (Å²) in [6.07, 6.45) is 0. The summed E-state index contributed by atoms with van der Waals surface area (Å²) in [7, 11) is 0. The van der Waals surface area contributed by atoms with E-state index in [2.05, 4.69) is 244 Å². The van der Waals surface area contributed by atoms with Crippen LogP contribution in [0.25, 0.3) is 114 Å². The third-order valence-corrected chi connectivity index (χ3v) is 16.2. The van der Waals surface area contributed by atoms with Gasteiger partial charge in [0.1, 0.15) is 0 Å². The summed E-state index contributed by atoms with van der Waals surface area (Å²) in [6.45, 7) is 21.1. The fraction of sp³-hybridized carbons (Fsp3) is 0.182. The van der Waals surface area contributed by atoms with E-state index in [1.807, 2.05) is 0 Å². The van der Waals surface area contributed by atoms with Gasteiger partial charge in [0, 0.05) is 76.0 Å². The molecule has 70 heavy (non-hydrogen) atoms. The molecule has 0 saturated heterocycles. The molecule has 0 fully saturated rings. The standard InChI is InChI=1S/C66H54N4/c1-64(2,3)37-23-27-55-46(29-37)50-31-39(66(7,8)9)33-52-47-36-59-48(35-58(47)69(55)62(50)52)51-32-38(65(4,5)6)30-49-43-25-24-41(34-57(43)70(59)61(49)51)67(40-17-11-10-12-18-40)56-28-26-44-42-19-13-15-21-53(42)68-54-22-16-14-20-45(54)60(56)63(44)68/h10-36H,1-9H3. The van der Waals surface area contributed by atoms with Gasteiger partial charge in [-0.25, -0.2) is 0 Å². The van der Waals surface area contributed by atoms with Gasteiger partial charge in [-0.3, -0.25) is 0 Å². The fourth-order valence-electron chi connectivity index (χ4n) is 12.7. The molecule has 6 aromatic heterocycles. The van der Waals surface area contributed by atoms with E-state index in [1.165, 1.54) is 137 Å². The molecule has 15 rings (SSSR count). The lowest BCUT2D eigenvalue weighted by molar-refractivity contribution is 0.590. The molecule has 0 unspecified atom stereocenters. The van der Waals surface area contributed by atoms with Gasteiger partial charge < -0.3 is 18.1 Å². The van der Waals surface area contributed by atoms with Gasteiger partial charge in [-0.2, -0.15) is 0 Å². The predicted molar refractivity (Wildman–Crippen MR) is 301 cm³/mol. The molecular formula is C66H54N4. The maximum atomic E-state index is 2.61. The molecule has 0 spiro atoms. The molecule has 6 heterocycles. The largest absolute Gasteiger partial charge is 0.310 e. The van der Waals surface area contributed by atoms with E-state index in [9.17, 15) is 0 Å². The Morgan fingerprint density at radius 1 is 0.286 bits per heavy atom. The summed E-state index contributed by atoms with van der Waals surface area (Å²) in [6, 6.07) is 63.0. The van der Waals surface area contributed by atoms with Crippen molar-refractivity contribution < 1.29 is 0 Å². The first-order chi connectivity index (χ1) is 33.6. The highest BCUT2D eigenvalue weighted by Crippen LogP contribution is 2.51. The van der Waals surface area contributed by atoms with Crippen LogP contribution in [0.5, 0.6) is 0 Å². The average molecular weight is 903 g/mol. The van der Waals surface area contributed by atoms with Crippen molar-refractivity contribution >= 4 is 131 Å². The van der Waals surface area contributed by atoms with E-state index in [1.54, 1.807) is 0 Å². The van der Waals surface area contributed by atoms with E-state index in [0.717, 1.165) is 11.4 Å². The van der Waals surface area contributed by atoms with Crippen LogP contribution in [0.4, 0.5) is 17.1 Å². The van der Waals surface area contributed by atoms with Crippen molar-refractivity contribution in [2.75, 3.05) is 4.90 Å². The Kier molecular flexibility index (Phi) is 7.49. The molecule has 0 N–H and O–H groups in total. The van der Waals surface area contributed by atoms with Crippen LogP contribution >= 0.6 is 0 Å². The fourth-order valence-corrected chi connectivity index (χ4v) is 12.7. The molecule has 0 bridgehead atoms. The highest BCUT2D eigenvalue weighted by Gasteiger charge is 2.29. The lowest BCUT2D eigenvalue weighted by atomic mass is 9.84. The number of rotatable bonds is 3.